The number of hydrogen-bond donors (Lipinski definition) is 0. The van der Waals surface area contributed by atoms with Crippen LogP contribution in [0.4, 0.5) is 13.2 Å². The Hall–Kier alpha value is -2.38. The molecule has 0 spiro atoms. The van der Waals surface area contributed by atoms with Gasteiger partial charge >= 0.3 is 6.18 Å². The van der Waals surface area contributed by atoms with Gasteiger partial charge in [0.15, 0.2) is 5.16 Å². The molecule has 1 heterocycles. The Balaban J connectivity index is 1.69. The average molecular weight is 475 g/mol. The van der Waals surface area contributed by atoms with Crippen LogP contribution in [0.3, 0.4) is 0 Å². The lowest BCUT2D eigenvalue weighted by Gasteiger charge is -2.11. The van der Waals surface area contributed by atoms with Gasteiger partial charge in [0.25, 0.3) is 0 Å². The van der Waals surface area contributed by atoms with Crippen LogP contribution in [0.1, 0.15) is 11.3 Å². The van der Waals surface area contributed by atoms with Crippen LogP contribution in [0, 0.1) is 0 Å². The minimum atomic E-state index is -4.54. The van der Waals surface area contributed by atoms with Crippen molar-refractivity contribution in [2.24, 2.45) is 0 Å². The summed E-state index contributed by atoms with van der Waals surface area (Å²) in [6, 6.07) is 21.8. The number of alkyl halides is 3. The maximum absolute atomic E-state index is 13.4. The van der Waals surface area contributed by atoms with Crippen molar-refractivity contribution < 1.29 is 13.2 Å². The van der Waals surface area contributed by atoms with Crippen molar-refractivity contribution in [3.05, 3.63) is 88.5 Å². The molecule has 1 aromatic heterocycles. The lowest BCUT2D eigenvalue weighted by molar-refractivity contribution is -0.141. The van der Waals surface area contributed by atoms with Crippen molar-refractivity contribution in [1.29, 1.82) is 0 Å². The van der Waals surface area contributed by atoms with Crippen LogP contribution in [0.2, 0.25) is 0 Å². The summed E-state index contributed by atoms with van der Waals surface area (Å²) in [6.45, 7) is 0. The van der Waals surface area contributed by atoms with Crippen molar-refractivity contribution in [3.63, 3.8) is 0 Å². The van der Waals surface area contributed by atoms with Crippen LogP contribution in [0.25, 0.3) is 22.0 Å². The van der Waals surface area contributed by atoms with E-state index in [2.05, 4.69) is 25.9 Å². The number of halogens is 4. The Morgan fingerprint density at radius 3 is 2.34 bits per heavy atom. The monoisotopic (exact) mass is 474 g/mol. The van der Waals surface area contributed by atoms with E-state index in [1.807, 2.05) is 42.5 Å². The second-order valence-corrected chi connectivity index (χ2v) is 8.21. The molecule has 29 heavy (non-hydrogen) atoms. The molecule has 3 aromatic carbocycles. The van der Waals surface area contributed by atoms with Gasteiger partial charge in [0, 0.05) is 15.8 Å². The highest BCUT2D eigenvalue weighted by Gasteiger charge is 2.33. The Bertz CT molecular complexity index is 1160. The van der Waals surface area contributed by atoms with Gasteiger partial charge in [0.2, 0.25) is 0 Å². The van der Waals surface area contributed by atoms with Crippen LogP contribution in [-0.4, -0.2) is 9.97 Å². The van der Waals surface area contributed by atoms with E-state index < -0.39 is 11.9 Å². The lowest BCUT2D eigenvalue weighted by Crippen LogP contribution is -2.10. The van der Waals surface area contributed by atoms with Crippen molar-refractivity contribution >= 4 is 38.5 Å². The Morgan fingerprint density at radius 1 is 0.862 bits per heavy atom. The molecule has 0 aliphatic rings. The maximum atomic E-state index is 13.4. The number of aromatic nitrogens is 2. The topological polar surface area (TPSA) is 25.8 Å². The van der Waals surface area contributed by atoms with Gasteiger partial charge in [-0.25, -0.2) is 9.97 Å². The van der Waals surface area contributed by atoms with E-state index in [-0.39, 0.29) is 10.9 Å². The first kappa shape index (κ1) is 19.9. The van der Waals surface area contributed by atoms with E-state index in [9.17, 15) is 13.2 Å². The van der Waals surface area contributed by atoms with Gasteiger partial charge in [-0.2, -0.15) is 13.2 Å². The Morgan fingerprint density at radius 2 is 1.59 bits per heavy atom. The van der Waals surface area contributed by atoms with E-state index in [0.717, 1.165) is 26.9 Å². The molecule has 0 saturated carbocycles. The fourth-order valence-electron chi connectivity index (χ4n) is 2.96. The fourth-order valence-corrected chi connectivity index (χ4v) is 4.09. The van der Waals surface area contributed by atoms with Crippen LogP contribution in [0.5, 0.6) is 0 Å². The minimum absolute atomic E-state index is 0.102. The summed E-state index contributed by atoms with van der Waals surface area (Å²) in [6.07, 6.45) is -4.54. The predicted molar refractivity (Wildman–Crippen MR) is 114 cm³/mol. The van der Waals surface area contributed by atoms with Gasteiger partial charge in [-0.05, 0) is 34.5 Å². The Kier molecular flexibility index (Phi) is 5.61. The molecule has 0 N–H and O–H groups in total. The smallest absolute Gasteiger partial charge is 0.222 e. The van der Waals surface area contributed by atoms with Gasteiger partial charge in [-0.3, -0.25) is 0 Å². The van der Waals surface area contributed by atoms with Crippen molar-refractivity contribution in [1.82, 2.24) is 9.97 Å². The highest BCUT2D eigenvalue weighted by Crippen LogP contribution is 2.33. The Labute approximate surface area is 178 Å². The molecular formula is C22H14BrF3N2S. The zero-order valence-corrected chi connectivity index (χ0v) is 17.4. The molecular weight excluding hydrogens is 461 g/mol. The second kappa shape index (κ2) is 8.16. The average Bonchev–Trinajstić information content (AvgIpc) is 2.72. The van der Waals surface area contributed by atoms with Crippen molar-refractivity contribution in [3.8, 4) is 11.3 Å². The van der Waals surface area contributed by atoms with Crippen molar-refractivity contribution in [2.45, 2.75) is 17.1 Å². The minimum Gasteiger partial charge on any atom is -0.222 e. The SMILES string of the molecule is FC(F)(F)c1cc(-c2ccc(Br)cc2)nc(SCc2cccc3ccccc23)n1. The highest BCUT2D eigenvalue weighted by molar-refractivity contribution is 9.10. The van der Waals surface area contributed by atoms with E-state index in [1.54, 1.807) is 24.3 Å². The van der Waals surface area contributed by atoms with E-state index in [0.29, 0.717) is 11.3 Å². The molecule has 0 unspecified atom stereocenters. The molecule has 4 rings (SSSR count). The van der Waals surface area contributed by atoms with Crippen LogP contribution < -0.4 is 0 Å². The maximum Gasteiger partial charge on any atom is 0.433 e. The summed E-state index contributed by atoms with van der Waals surface area (Å²) < 4.78 is 41.0. The summed E-state index contributed by atoms with van der Waals surface area (Å²) in [4.78, 5) is 8.14. The molecule has 2 nitrogen and oxygen atoms in total. The zero-order chi connectivity index (χ0) is 20.4. The number of rotatable bonds is 4. The largest absolute Gasteiger partial charge is 0.433 e. The number of benzene rings is 3. The first-order chi connectivity index (χ1) is 13.9. The van der Waals surface area contributed by atoms with Gasteiger partial charge in [-0.1, -0.05) is 82.3 Å². The summed E-state index contributed by atoms with van der Waals surface area (Å²) in [5.74, 6) is 0.475. The third-order valence-corrected chi connectivity index (χ3v) is 5.80. The molecule has 0 saturated heterocycles. The predicted octanol–water partition coefficient (Wildman–Crippen LogP) is 7.37. The van der Waals surface area contributed by atoms with Gasteiger partial charge in [0.05, 0.1) is 5.69 Å². The fraction of sp³-hybridized carbons (Fsp3) is 0.0909. The summed E-state index contributed by atoms with van der Waals surface area (Å²) in [7, 11) is 0. The standard InChI is InChI=1S/C22H14BrF3N2S/c23-17-10-8-15(9-11-17)19-12-20(22(24,25)26)28-21(27-19)29-13-16-6-3-5-14-4-1-2-7-18(14)16/h1-12H,13H2. The normalized spacial score (nSPS) is 11.7. The number of thioether (sulfide) groups is 1. The summed E-state index contributed by atoms with van der Waals surface area (Å²) in [5, 5.41) is 2.26. The van der Waals surface area contributed by atoms with Crippen LogP contribution in [-0.2, 0) is 11.9 Å². The molecule has 0 bridgehead atoms. The molecule has 146 valence electrons. The first-order valence-electron chi connectivity index (χ1n) is 8.72. The number of hydrogen-bond acceptors (Lipinski definition) is 3. The quantitative estimate of drug-likeness (QED) is 0.228. The van der Waals surface area contributed by atoms with E-state index in [1.165, 1.54) is 11.8 Å². The number of fused-ring (bicyclic) bond motifs is 1. The molecule has 0 atom stereocenters. The molecule has 4 aromatic rings. The van der Waals surface area contributed by atoms with Gasteiger partial charge in [0.1, 0.15) is 5.69 Å². The van der Waals surface area contributed by atoms with E-state index >= 15 is 0 Å². The molecule has 0 aliphatic carbocycles. The zero-order valence-electron chi connectivity index (χ0n) is 14.9. The summed E-state index contributed by atoms with van der Waals surface area (Å²) in [5.41, 5.74) is 0.943. The molecule has 7 heteroatoms. The molecule has 0 radical (unpaired) electrons. The van der Waals surface area contributed by atoms with Gasteiger partial charge in [-0.15, -0.1) is 0 Å². The molecule has 0 fully saturated rings. The van der Waals surface area contributed by atoms with Crippen LogP contribution in [0.15, 0.2) is 82.4 Å². The number of nitrogens with zero attached hydrogens (tertiary/aromatic N) is 2. The molecule has 0 amide bonds. The molecule has 0 aliphatic heterocycles. The summed E-state index contributed by atoms with van der Waals surface area (Å²) >= 11 is 4.53. The third kappa shape index (κ3) is 4.62. The van der Waals surface area contributed by atoms with Gasteiger partial charge < -0.3 is 0 Å². The van der Waals surface area contributed by atoms with E-state index in [4.69, 9.17) is 0 Å². The second-order valence-electron chi connectivity index (χ2n) is 6.35. The van der Waals surface area contributed by atoms with Crippen LogP contribution >= 0.6 is 27.7 Å². The first-order valence-corrected chi connectivity index (χ1v) is 10.5. The lowest BCUT2D eigenvalue weighted by atomic mass is 10.1. The van der Waals surface area contributed by atoms with Crippen molar-refractivity contribution in [2.75, 3.05) is 0 Å². The third-order valence-electron chi connectivity index (χ3n) is 4.37. The highest BCUT2D eigenvalue weighted by atomic mass is 79.9.